The van der Waals surface area contributed by atoms with E-state index in [1.54, 1.807) is 0 Å². The Morgan fingerprint density at radius 2 is 1.70 bits per heavy atom. The van der Waals surface area contributed by atoms with Crippen LogP contribution in [0, 0.1) is 10.7 Å². The second-order valence-corrected chi connectivity index (χ2v) is 9.06. The number of amides is 1. The van der Waals surface area contributed by atoms with Crippen LogP contribution >= 0.6 is 12.2 Å². The number of carbonyl (C=O) groups is 1. The zero-order chi connectivity index (χ0) is 20.9. The van der Waals surface area contributed by atoms with Crippen LogP contribution in [-0.2, 0) is 24.9 Å². The van der Waals surface area contributed by atoms with Crippen molar-refractivity contribution in [3.05, 3.63) is 46.5 Å². The molecule has 2 fully saturated rings. The molecule has 1 aromatic carbocycles. The maximum Gasteiger partial charge on any atom is 0.225 e. The Hall–Kier alpha value is -1.99. The largest absolute Gasteiger partial charge is 0.342 e. The van der Waals surface area contributed by atoms with Crippen LogP contribution in [0.5, 0.6) is 0 Å². The second-order valence-electron chi connectivity index (χ2n) is 8.69. The molecule has 0 spiro atoms. The van der Waals surface area contributed by atoms with Crippen molar-refractivity contribution in [3.63, 3.8) is 0 Å². The first-order chi connectivity index (χ1) is 14.6. The zero-order valence-corrected chi connectivity index (χ0v) is 18.8. The SMILES string of the molecule is Cn1c(Cc2ccccc2)nn(CN2CCC(C(=O)N3CCCCCC3)CC2)c1=S. The van der Waals surface area contributed by atoms with E-state index in [-0.39, 0.29) is 5.92 Å². The van der Waals surface area contributed by atoms with Crippen LogP contribution in [0.4, 0.5) is 0 Å². The number of hydrogen-bond acceptors (Lipinski definition) is 4. The Morgan fingerprint density at radius 1 is 1.03 bits per heavy atom. The van der Waals surface area contributed by atoms with Crippen LogP contribution in [0.25, 0.3) is 0 Å². The third-order valence-corrected chi connectivity index (χ3v) is 7.01. The first-order valence-electron chi connectivity index (χ1n) is 11.3. The minimum Gasteiger partial charge on any atom is -0.342 e. The van der Waals surface area contributed by atoms with Crippen molar-refractivity contribution in [2.45, 2.75) is 51.6 Å². The normalized spacial score (nSPS) is 19.0. The fourth-order valence-corrected chi connectivity index (χ4v) is 4.82. The molecule has 30 heavy (non-hydrogen) atoms. The number of hydrogen-bond donors (Lipinski definition) is 0. The standard InChI is InChI=1S/C23H33N5OS/c1-25-21(17-19-9-5-4-6-10-19)24-28(23(25)30)18-26-15-11-20(12-16-26)22(29)27-13-7-2-3-8-14-27/h4-6,9-10,20H,2-3,7-8,11-18H2,1H3. The van der Waals surface area contributed by atoms with Gasteiger partial charge in [0.15, 0.2) is 4.77 Å². The minimum atomic E-state index is 0.185. The third-order valence-electron chi connectivity index (χ3n) is 6.52. The van der Waals surface area contributed by atoms with E-state index in [1.165, 1.54) is 18.4 Å². The molecule has 162 valence electrons. The predicted octanol–water partition coefficient (Wildman–Crippen LogP) is 3.61. The first-order valence-corrected chi connectivity index (χ1v) is 11.7. The number of carbonyl (C=O) groups excluding carboxylic acids is 1. The first kappa shape index (κ1) is 21.2. The van der Waals surface area contributed by atoms with Gasteiger partial charge in [-0.3, -0.25) is 9.69 Å². The number of likely N-dealkylation sites (tertiary alicyclic amines) is 2. The molecule has 6 nitrogen and oxygen atoms in total. The highest BCUT2D eigenvalue weighted by atomic mass is 32.1. The summed E-state index contributed by atoms with van der Waals surface area (Å²) in [6.45, 7) is 4.46. The number of rotatable bonds is 5. The molecule has 0 radical (unpaired) electrons. The molecule has 0 saturated carbocycles. The van der Waals surface area contributed by atoms with Gasteiger partial charge in [0.2, 0.25) is 5.91 Å². The summed E-state index contributed by atoms with van der Waals surface area (Å²) < 4.78 is 4.70. The lowest BCUT2D eigenvalue weighted by atomic mass is 9.95. The molecule has 0 N–H and O–H groups in total. The highest BCUT2D eigenvalue weighted by molar-refractivity contribution is 7.71. The number of piperidine rings is 1. The monoisotopic (exact) mass is 427 g/mol. The van der Waals surface area contributed by atoms with Gasteiger partial charge in [0.05, 0.1) is 6.67 Å². The molecule has 2 aliphatic heterocycles. The van der Waals surface area contributed by atoms with Crippen LogP contribution in [0.1, 0.15) is 49.9 Å². The number of benzene rings is 1. The molecule has 1 amide bonds. The lowest BCUT2D eigenvalue weighted by Crippen LogP contribution is -2.43. The molecule has 2 saturated heterocycles. The number of aromatic nitrogens is 3. The molecule has 4 rings (SSSR count). The molecule has 2 aliphatic rings. The van der Waals surface area contributed by atoms with Crippen LogP contribution in [0.15, 0.2) is 30.3 Å². The Balaban J connectivity index is 1.33. The average Bonchev–Trinajstić information content (AvgIpc) is 2.97. The molecule has 7 heteroatoms. The topological polar surface area (TPSA) is 46.3 Å². The molecule has 0 unspecified atom stereocenters. The van der Waals surface area contributed by atoms with Gasteiger partial charge in [0.25, 0.3) is 0 Å². The molecule has 0 atom stereocenters. The van der Waals surface area contributed by atoms with E-state index in [1.807, 2.05) is 22.4 Å². The van der Waals surface area contributed by atoms with Crippen LogP contribution in [-0.4, -0.2) is 56.2 Å². The van der Waals surface area contributed by atoms with E-state index in [2.05, 4.69) is 34.1 Å². The van der Waals surface area contributed by atoms with Gasteiger partial charge in [0, 0.05) is 45.6 Å². The van der Waals surface area contributed by atoms with E-state index >= 15 is 0 Å². The lowest BCUT2D eigenvalue weighted by Gasteiger charge is -2.33. The van der Waals surface area contributed by atoms with E-state index < -0.39 is 0 Å². The van der Waals surface area contributed by atoms with Crippen LogP contribution in [0.2, 0.25) is 0 Å². The molecule has 2 aromatic rings. The second kappa shape index (κ2) is 9.88. The molecular formula is C23H33N5OS. The summed E-state index contributed by atoms with van der Waals surface area (Å²) in [5.41, 5.74) is 1.24. The van der Waals surface area contributed by atoms with Crippen molar-refractivity contribution in [3.8, 4) is 0 Å². The van der Waals surface area contributed by atoms with E-state index in [0.29, 0.717) is 12.6 Å². The quantitative estimate of drug-likeness (QED) is 0.684. The van der Waals surface area contributed by atoms with Crippen molar-refractivity contribution in [1.29, 1.82) is 0 Å². The minimum absolute atomic E-state index is 0.185. The van der Waals surface area contributed by atoms with Gasteiger partial charge in [-0.05, 0) is 43.5 Å². The van der Waals surface area contributed by atoms with Gasteiger partial charge >= 0.3 is 0 Å². The summed E-state index contributed by atoms with van der Waals surface area (Å²) in [6.07, 6.45) is 7.50. The molecule has 1 aromatic heterocycles. The van der Waals surface area contributed by atoms with E-state index in [4.69, 9.17) is 17.3 Å². The lowest BCUT2D eigenvalue weighted by molar-refractivity contribution is -0.137. The summed E-state index contributed by atoms with van der Waals surface area (Å²) in [6, 6.07) is 10.4. The van der Waals surface area contributed by atoms with E-state index in [9.17, 15) is 4.79 Å². The van der Waals surface area contributed by atoms with Crippen LogP contribution in [0.3, 0.4) is 0 Å². The maximum absolute atomic E-state index is 12.9. The highest BCUT2D eigenvalue weighted by Crippen LogP contribution is 2.22. The smallest absolute Gasteiger partial charge is 0.225 e. The Morgan fingerprint density at radius 3 is 2.37 bits per heavy atom. The summed E-state index contributed by atoms with van der Waals surface area (Å²) in [4.78, 5) is 17.4. The molecule has 0 bridgehead atoms. The summed E-state index contributed by atoms with van der Waals surface area (Å²) in [7, 11) is 2.00. The molecule has 3 heterocycles. The summed E-state index contributed by atoms with van der Waals surface area (Å²) >= 11 is 5.64. The van der Waals surface area contributed by atoms with Crippen molar-refractivity contribution >= 4 is 18.1 Å². The fourth-order valence-electron chi connectivity index (χ4n) is 4.62. The van der Waals surface area contributed by atoms with Gasteiger partial charge in [0.1, 0.15) is 5.82 Å². The van der Waals surface area contributed by atoms with Gasteiger partial charge < -0.3 is 9.47 Å². The van der Waals surface area contributed by atoms with Crippen LogP contribution < -0.4 is 0 Å². The van der Waals surface area contributed by atoms with Gasteiger partial charge in [-0.25, -0.2) is 4.68 Å². The number of nitrogens with zero attached hydrogens (tertiary/aromatic N) is 5. The third kappa shape index (κ3) is 5.01. The molecular weight excluding hydrogens is 394 g/mol. The Labute approximate surface area is 184 Å². The van der Waals surface area contributed by atoms with Crippen molar-refractivity contribution in [1.82, 2.24) is 24.1 Å². The van der Waals surface area contributed by atoms with Gasteiger partial charge in [-0.15, -0.1) is 0 Å². The highest BCUT2D eigenvalue weighted by Gasteiger charge is 2.29. The van der Waals surface area contributed by atoms with Gasteiger partial charge in [-0.2, -0.15) is 5.10 Å². The maximum atomic E-state index is 12.9. The van der Waals surface area contributed by atoms with E-state index in [0.717, 1.165) is 68.9 Å². The van der Waals surface area contributed by atoms with Crippen molar-refractivity contribution in [2.24, 2.45) is 13.0 Å². The fraction of sp³-hybridized carbons (Fsp3) is 0.609. The predicted molar refractivity (Wildman–Crippen MR) is 121 cm³/mol. The Bertz CT molecular complexity index is 890. The van der Waals surface area contributed by atoms with Gasteiger partial charge in [-0.1, -0.05) is 43.2 Å². The van der Waals surface area contributed by atoms with Crippen molar-refractivity contribution < 1.29 is 4.79 Å². The zero-order valence-electron chi connectivity index (χ0n) is 18.0. The average molecular weight is 428 g/mol. The van der Waals surface area contributed by atoms with Crippen molar-refractivity contribution in [2.75, 3.05) is 26.2 Å². The summed E-state index contributed by atoms with van der Waals surface area (Å²) in [5.74, 6) is 1.55. The summed E-state index contributed by atoms with van der Waals surface area (Å²) in [5, 5.41) is 4.80. The molecule has 0 aliphatic carbocycles. The Kier molecular flexibility index (Phi) is 7.00.